The predicted molar refractivity (Wildman–Crippen MR) is 123 cm³/mol. The van der Waals surface area contributed by atoms with Crippen molar-refractivity contribution >= 4 is 45.6 Å². The number of carbonyl (C=O) groups excluding carboxylic acids is 2. The molecule has 3 aromatic rings. The van der Waals surface area contributed by atoms with Crippen LogP contribution in [0.1, 0.15) is 22.9 Å². The van der Waals surface area contributed by atoms with E-state index in [0.29, 0.717) is 34.6 Å². The van der Waals surface area contributed by atoms with Gasteiger partial charge in [0.2, 0.25) is 16.9 Å². The first-order valence-corrected chi connectivity index (χ1v) is 11.1. The van der Waals surface area contributed by atoms with Crippen LogP contribution in [0.5, 0.6) is 11.5 Å². The molecule has 1 N–H and O–H groups in total. The van der Waals surface area contributed by atoms with E-state index in [2.05, 4.69) is 15.5 Å². The monoisotopic (exact) mass is 472 g/mol. The summed E-state index contributed by atoms with van der Waals surface area (Å²) >= 11 is 7.22. The van der Waals surface area contributed by atoms with E-state index in [1.54, 1.807) is 43.4 Å². The van der Waals surface area contributed by atoms with Crippen molar-refractivity contribution in [1.82, 2.24) is 10.2 Å². The largest absolute Gasteiger partial charge is 0.493 e. The van der Waals surface area contributed by atoms with Gasteiger partial charge in [-0.2, -0.15) is 0 Å². The quantitative estimate of drug-likeness (QED) is 0.560. The average molecular weight is 473 g/mol. The molecule has 1 aliphatic rings. The molecule has 2 heterocycles. The highest BCUT2D eigenvalue weighted by atomic mass is 35.5. The van der Waals surface area contributed by atoms with Crippen molar-refractivity contribution < 1.29 is 19.1 Å². The molecule has 1 aliphatic heterocycles. The number of rotatable bonds is 7. The maximum atomic E-state index is 12.5. The summed E-state index contributed by atoms with van der Waals surface area (Å²) in [7, 11) is 3.11. The summed E-state index contributed by atoms with van der Waals surface area (Å²) in [5.41, 5.74) is 1.58. The summed E-state index contributed by atoms with van der Waals surface area (Å²) in [4.78, 5) is 26.7. The second kappa shape index (κ2) is 9.54. The third-order valence-electron chi connectivity index (χ3n) is 5.11. The molecule has 1 fully saturated rings. The van der Waals surface area contributed by atoms with Crippen molar-refractivity contribution in [3.05, 3.63) is 58.1 Å². The van der Waals surface area contributed by atoms with Crippen molar-refractivity contribution in [2.45, 2.75) is 18.8 Å². The number of ether oxygens (including phenoxy) is 2. The van der Waals surface area contributed by atoms with Crippen LogP contribution in [0.15, 0.2) is 42.5 Å². The Kier molecular flexibility index (Phi) is 6.57. The molecule has 0 aliphatic carbocycles. The summed E-state index contributed by atoms with van der Waals surface area (Å²) in [6, 6.07) is 12.5. The number of nitrogens with zero attached hydrogens (tertiary/aromatic N) is 3. The smallest absolute Gasteiger partial charge is 0.230 e. The summed E-state index contributed by atoms with van der Waals surface area (Å²) in [6.07, 6.45) is 0.498. The number of methoxy groups -OCH3 is 2. The number of carbonyl (C=O) groups is 2. The van der Waals surface area contributed by atoms with Gasteiger partial charge in [0.05, 0.1) is 20.6 Å². The number of amides is 2. The zero-order chi connectivity index (χ0) is 22.7. The number of halogens is 1. The molecule has 4 rings (SSSR count). The highest BCUT2D eigenvalue weighted by Crippen LogP contribution is 2.34. The van der Waals surface area contributed by atoms with Crippen molar-refractivity contribution in [2.75, 3.05) is 31.0 Å². The molecule has 0 radical (unpaired) electrons. The Morgan fingerprint density at radius 3 is 2.62 bits per heavy atom. The molecule has 10 heteroatoms. The van der Waals surface area contributed by atoms with Crippen LogP contribution < -0.4 is 19.7 Å². The van der Waals surface area contributed by atoms with Gasteiger partial charge in [-0.05, 0) is 42.0 Å². The highest BCUT2D eigenvalue weighted by molar-refractivity contribution is 7.15. The lowest BCUT2D eigenvalue weighted by Crippen LogP contribution is -2.24. The molecule has 1 aromatic heterocycles. The Bertz CT molecular complexity index is 1140. The number of hydrogen-bond donors (Lipinski definition) is 1. The molecular formula is C22H21ClN4O4S. The van der Waals surface area contributed by atoms with Crippen LogP contribution >= 0.6 is 22.9 Å². The van der Waals surface area contributed by atoms with Crippen molar-refractivity contribution in [1.29, 1.82) is 0 Å². The van der Waals surface area contributed by atoms with Gasteiger partial charge < -0.3 is 19.7 Å². The zero-order valence-electron chi connectivity index (χ0n) is 17.5. The number of benzene rings is 2. The van der Waals surface area contributed by atoms with Crippen LogP contribution in [0, 0.1) is 0 Å². The summed E-state index contributed by atoms with van der Waals surface area (Å²) in [5, 5.41) is 12.8. The summed E-state index contributed by atoms with van der Waals surface area (Å²) < 4.78 is 10.5. The van der Waals surface area contributed by atoms with Crippen LogP contribution in [-0.4, -0.2) is 42.8 Å². The molecule has 2 aromatic carbocycles. The topological polar surface area (TPSA) is 93.7 Å². The molecule has 1 saturated heterocycles. The normalized spacial score (nSPS) is 15.7. The molecule has 1 atom stereocenters. The number of nitrogens with one attached hydrogen (secondary N) is 1. The van der Waals surface area contributed by atoms with Gasteiger partial charge in [-0.25, -0.2) is 0 Å². The molecule has 1 unspecified atom stereocenters. The Hall–Kier alpha value is -3.17. The van der Waals surface area contributed by atoms with Crippen molar-refractivity contribution in [2.24, 2.45) is 0 Å². The van der Waals surface area contributed by atoms with Crippen LogP contribution in [0.3, 0.4) is 0 Å². The summed E-state index contributed by atoms with van der Waals surface area (Å²) in [5.74, 6) is 0.889. The lowest BCUT2D eigenvalue weighted by atomic mass is 10.1. The van der Waals surface area contributed by atoms with E-state index >= 15 is 0 Å². The SMILES string of the molecule is COc1ccc(CC(=O)Nc2nnc(C3CC(=O)N(c4ccc(Cl)cc4)C3)s2)cc1OC. The van der Waals surface area contributed by atoms with E-state index in [1.165, 1.54) is 11.3 Å². The summed E-state index contributed by atoms with van der Waals surface area (Å²) in [6.45, 7) is 0.509. The van der Waals surface area contributed by atoms with Gasteiger partial charge in [-0.15, -0.1) is 10.2 Å². The number of anilines is 2. The van der Waals surface area contributed by atoms with Crippen LogP contribution in [-0.2, 0) is 16.0 Å². The first kappa shape index (κ1) is 22.0. The highest BCUT2D eigenvalue weighted by Gasteiger charge is 2.34. The molecule has 0 spiro atoms. The minimum Gasteiger partial charge on any atom is -0.493 e. The Labute approximate surface area is 194 Å². The first-order chi connectivity index (χ1) is 15.5. The van der Waals surface area contributed by atoms with E-state index in [4.69, 9.17) is 21.1 Å². The Balaban J connectivity index is 1.38. The fourth-order valence-corrected chi connectivity index (χ4v) is 4.51. The van der Waals surface area contributed by atoms with Gasteiger partial charge in [0, 0.05) is 29.6 Å². The molecule has 0 bridgehead atoms. The van der Waals surface area contributed by atoms with E-state index in [1.807, 2.05) is 18.2 Å². The Morgan fingerprint density at radius 1 is 1.16 bits per heavy atom. The number of hydrogen-bond acceptors (Lipinski definition) is 7. The van der Waals surface area contributed by atoms with E-state index in [9.17, 15) is 9.59 Å². The van der Waals surface area contributed by atoms with Gasteiger partial charge in [0.15, 0.2) is 11.5 Å². The van der Waals surface area contributed by atoms with E-state index in [-0.39, 0.29) is 24.2 Å². The lowest BCUT2D eigenvalue weighted by molar-refractivity contribution is -0.117. The molecule has 32 heavy (non-hydrogen) atoms. The molecule has 0 saturated carbocycles. The second-order valence-electron chi connectivity index (χ2n) is 7.24. The first-order valence-electron chi connectivity index (χ1n) is 9.87. The minimum absolute atomic E-state index is 0.0200. The lowest BCUT2D eigenvalue weighted by Gasteiger charge is -2.16. The molecule has 8 nitrogen and oxygen atoms in total. The Morgan fingerprint density at radius 2 is 1.91 bits per heavy atom. The molecular weight excluding hydrogens is 452 g/mol. The van der Waals surface area contributed by atoms with Crippen molar-refractivity contribution in [3.8, 4) is 11.5 Å². The average Bonchev–Trinajstić information content (AvgIpc) is 3.40. The van der Waals surface area contributed by atoms with E-state index in [0.717, 1.165) is 16.3 Å². The van der Waals surface area contributed by atoms with Crippen LogP contribution in [0.4, 0.5) is 10.8 Å². The number of aromatic nitrogens is 2. The standard InChI is InChI=1S/C22H21ClN4O4S/c1-30-17-8-3-13(9-18(17)31-2)10-19(28)24-22-26-25-21(32-22)14-11-20(29)27(12-14)16-6-4-15(23)5-7-16/h3-9,14H,10-12H2,1-2H3,(H,24,26,28). The predicted octanol–water partition coefficient (Wildman–Crippen LogP) is 3.91. The van der Waals surface area contributed by atoms with Gasteiger partial charge in [0.1, 0.15) is 5.01 Å². The van der Waals surface area contributed by atoms with Crippen LogP contribution in [0.25, 0.3) is 0 Å². The third-order valence-corrected chi connectivity index (χ3v) is 6.37. The third kappa shape index (κ3) is 4.84. The maximum Gasteiger partial charge on any atom is 0.230 e. The fourth-order valence-electron chi connectivity index (χ4n) is 3.53. The van der Waals surface area contributed by atoms with E-state index < -0.39 is 0 Å². The molecule has 2 amide bonds. The van der Waals surface area contributed by atoms with Crippen LogP contribution in [0.2, 0.25) is 5.02 Å². The zero-order valence-corrected chi connectivity index (χ0v) is 19.1. The minimum atomic E-state index is -0.217. The van der Waals surface area contributed by atoms with Crippen molar-refractivity contribution in [3.63, 3.8) is 0 Å². The second-order valence-corrected chi connectivity index (χ2v) is 8.69. The molecule has 166 valence electrons. The van der Waals surface area contributed by atoms with Gasteiger partial charge in [0.25, 0.3) is 0 Å². The maximum absolute atomic E-state index is 12.5. The van der Waals surface area contributed by atoms with Gasteiger partial charge in [-0.1, -0.05) is 29.0 Å². The van der Waals surface area contributed by atoms with Gasteiger partial charge >= 0.3 is 0 Å². The van der Waals surface area contributed by atoms with Gasteiger partial charge in [-0.3, -0.25) is 9.59 Å². The fraction of sp³-hybridized carbons (Fsp3) is 0.273.